The maximum absolute atomic E-state index is 12.5. The summed E-state index contributed by atoms with van der Waals surface area (Å²) in [4.78, 5) is 10.9. The van der Waals surface area contributed by atoms with Crippen LogP contribution in [0.25, 0.3) is 6.08 Å². The molecule has 0 aromatic heterocycles. The number of carbonyl (C=O) groups is 1. The topological polar surface area (TPSA) is 17.1 Å². The summed E-state index contributed by atoms with van der Waals surface area (Å²) in [5.41, 5.74) is 1.51. The molecule has 0 radical (unpaired) electrons. The second-order valence-electron chi connectivity index (χ2n) is 2.94. The van der Waals surface area contributed by atoms with Gasteiger partial charge in [-0.05, 0) is 43.2 Å². The van der Waals surface area contributed by atoms with Crippen molar-refractivity contribution in [3.8, 4) is 0 Å². The highest BCUT2D eigenvalue weighted by Crippen LogP contribution is 2.08. The standard InChI is InChI=1S/C11H11FO/c1-8(9(2)13)7-10-3-5-11(12)6-4-10/h3-7H,1-2H3/b8-7+. The molecule has 0 N–H and O–H groups in total. The predicted octanol–water partition coefficient (Wildman–Crippen LogP) is 2.82. The molecule has 0 amide bonds. The largest absolute Gasteiger partial charge is 0.295 e. The SMILES string of the molecule is CC(=O)/C(C)=C/c1ccc(F)cc1. The molecule has 0 spiro atoms. The van der Waals surface area contributed by atoms with E-state index >= 15 is 0 Å². The molecule has 0 fully saturated rings. The molecule has 1 nitrogen and oxygen atoms in total. The minimum absolute atomic E-state index is 0.0318. The van der Waals surface area contributed by atoms with Crippen LogP contribution in [-0.2, 0) is 4.79 Å². The van der Waals surface area contributed by atoms with Crippen LogP contribution in [-0.4, -0.2) is 5.78 Å². The molecule has 0 saturated heterocycles. The van der Waals surface area contributed by atoms with Crippen molar-refractivity contribution in [2.45, 2.75) is 13.8 Å². The van der Waals surface area contributed by atoms with Crippen LogP contribution in [0, 0.1) is 5.82 Å². The number of halogens is 1. The van der Waals surface area contributed by atoms with Gasteiger partial charge in [0.2, 0.25) is 0 Å². The minimum atomic E-state index is -0.266. The van der Waals surface area contributed by atoms with Gasteiger partial charge in [-0.1, -0.05) is 12.1 Å². The fraction of sp³-hybridized carbons (Fsp3) is 0.182. The fourth-order valence-corrected chi connectivity index (χ4v) is 0.911. The summed E-state index contributed by atoms with van der Waals surface area (Å²) in [7, 11) is 0. The van der Waals surface area contributed by atoms with Crippen LogP contribution in [0.5, 0.6) is 0 Å². The van der Waals surface area contributed by atoms with Gasteiger partial charge in [-0.2, -0.15) is 0 Å². The highest BCUT2D eigenvalue weighted by atomic mass is 19.1. The Morgan fingerprint density at radius 1 is 1.23 bits per heavy atom. The number of allylic oxidation sites excluding steroid dienone is 1. The van der Waals surface area contributed by atoms with E-state index in [9.17, 15) is 9.18 Å². The van der Waals surface area contributed by atoms with Crippen LogP contribution in [0.1, 0.15) is 19.4 Å². The quantitative estimate of drug-likeness (QED) is 0.636. The summed E-state index contributed by atoms with van der Waals surface area (Å²) >= 11 is 0. The van der Waals surface area contributed by atoms with Gasteiger partial charge in [0.15, 0.2) is 5.78 Å². The molecule has 0 saturated carbocycles. The fourth-order valence-electron chi connectivity index (χ4n) is 0.911. The highest BCUT2D eigenvalue weighted by molar-refractivity contribution is 5.97. The first-order chi connectivity index (χ1) is 6.09. The van der Waals surface area contributed by atoms with Crippen molar-refractivity contribution in [1.82, 2.24) is 0 Å². The Bertz CT molecular complexity index is 336. The third kappa shape index (κ3) is 2.82. The third-order valence-corrected chi connectivity index (χ3v) is 1.81. The monoisotopic (exact) mass is 178 g/mol. The summed E-state index contributed by atoms with van der Waals surface area (Å²) in [6.45, 7) is 3.25. The van der Waals surface area contributed by atoms with Crippen LogP contribution >= 0.6 is 0 Å². The van der Waals surface area contributed by atoms with Crippen molar-refractivity contribution >= 4 is 11.9 Å². The maximum Gasteiger partial charge on any atom is 0.155 e. The number of carbonyl (C=O) groups excluding carboxylic acids is 1. The number of hydrogen-bond acceptors (Lipinski definition) is 1. The van der Waals surface area contributed by atoms with E-state index in [0.717, 1.165) is 5.56 Å². The van der Waals surface area contributed by atoms with Gasteiger partial charge in [0.1, 0.15) is 5.82 Å². The van der Waals surface area contributed by atoms with E-state index in [1.54, 1.807) is 25.1 Å². The van der Waals surface area contributed by atoms with Crippen molar-refractivity contribution in [3.05, 3.63) is 41.2 Å². The zero-order chi connectivity index (χ0) is 9.84. The van der Waals surface area contributed by atoms with E-state index in [-0.39, 0.29) is 11.6 Å². The van der Waals surface area contributed by atoms with E-state index in [0.29, 0.717) is 5.57 Å². The summed E-state index contributed by atoms with van der Waals surface area (Å²) in [6, 6.07) is 6.03. The lowest BCUT2D eigenvalue weighted by atomic mass is 10.1. The summed E-state index contributed by atoms with van der Waals surface area (Å²) in [5, 5.41) is 0. The zero-order valence-corrected chi connectivity index (χ0v) is 7.67. The Labute approximate surface area is 76.9 Å². The first-order valence-corrected chi connectivity index (χ1v) is 4.04. The van der Waals surface area contributed by atoms with Gasteiger partial charge in [-0.15, -0.1) is 0 Å². The molecule has 68 valence electrons. The smallest absolute Gasteiger partial charge is 0.155 e. The van der Waals surface area contributed by atoms with E-state index in [4.69, 9.17) is 0 Å². The number of ketones is 1. The van der Waals surface area contributed by atoms with Gasteiger partial charge in [-0.3, -0.25) is 4.79 Å². The molecule has 1 aromatic rings. The van der Waals surface area contributed by atoms with Gasteiger partial charge in [0.25, 0.3) is 0 Å². The Morgan fingerprint density at radius 3 is 2.23 bits per heavy atom. The zero-order valence-electron chi connectivity index (χ0n) is 7.67. The van der Waals surface area contributed by atoms with E-state index < -0.39 is 0 Å². The maximum atomic E-state index is 12.5. The molecule has 0 atom stereocenters. The van der Waals surface area contributed by atoms with Gasteiger partial charge in [0.05, 0.1) is 0 Å². The molecule has 0 heterocycles. The molecular weight excluding hydrogens is 167 g/mol. The lowest BCUT2D eigenvalue weighted by Gasteiger charge is -1.95. The number of Topliss-reactive ketones (excluding diaryl/α,β-unsaturated/α-hetero) is 1. The van der Waals surface area contributed by atoms with Gasteiger partial charge in [0, 0.05) is 0 Å². The second kappa shape index (κ2) is 3.99. The van der Waals surface area contributed by atoms with Crippen molar-refractivity contribution in [2.24, 2.45) is 0 Å². The first-order valence-electron chi connectivity index (χ1n) is 4.04. The molecule has 2 heteroatoms. The Balaban J connectivity index is 2.92. The predicted molar refractivity (Wildman–Crippen MR) is 50.7 cm³/mol. The molecule has 0 aliphatic carbocycles. The highest BCUT2D eigenvalue weighted by Gasteiger charge is 1.96. The van der Waals surface area contributed by atoms with Crippen molar-refractivity contribution in [3.63, 3.8) is 0 Å². The Hall–Kier alpha value is -1.44. The summed E-state index contributed by atoms with van der Waals surface area (Å²) in [6.07, 6.45) is 1.74. The molecule has 1 rings (SSSR count). The average molecular weight is 178 g/mol. The van der Waals surface area contributed by atoms with Crippen LogP contribution in [0.3, 0.4) is 0 Å². The van der Waals surface area contributed by atoms with Crippen LogP contribution < -0.4 is 0 Å². The average Bonchev–Trinajstić information content (AvgIpc) is 2.08. The van der Waals surface area contributed by atoms with E-state index in [1.807, 2.05) is 0 Å². The number of rotatable bonds is 2. The van der Waals surface area contributed by atoms with Crippen LogP contribution in [0.2, 0.25) is 0 Å². The van der Waals surface area contributed by atoms with Gasteiger partial charge < -0.3 is 0 Å². The first kappa shape index (κ1) is 9.65. The van der Waals surface area contributed by atoms with Crippen LogP contribution in [0.4, 0.5) is 4.39 Å². The molecule has 0 bridgehead atoms. The Kier molecular flexibility index (Phi) is 2.96. The van der Waals surface area contributed by atoms with E-state index in [1.165, 1.54) is 19.1 Å². The van der Waals surface area contributed by atoms with E-state index in [2.05, 4.69) is 0 Å². The van der Waals surface area contributed by atoms with Crippen molar-refractivity contribution in [2.75, 3.05) is 0 Å². The second-order valence-corrected chi connectivity index (χ2v) is 2.94. The minimum Gasteiger partial charge on any atom is -0.295 e. The molecule has 0 aliphatic heterocycles. The Morgan fingerprint density at radius 2 is 1.77 bits per heavy atom. The van der Waals surface area contributed by atoms with Gasteiger partial charge >= 0.3 is 0 Å². The summed E-state index contributed by atoms with van der Waals surface area (Å²) < 4.78 is 12.5. The van der Waals surface area contributed by atoms with Crippen LogP contribution in [0.15, 0.2) is 29.8 Å². The van der Waals surface area contributed by atoms with Crippen molar-refractivity contribution < 1.29 is 9.18 Å². The molecule has 1 aromatic carbocycles. The lowest BCUT2D eigenvalue weighted by Crippen LogP contribution is -1.90. The molecule has 13 heavy (non-hydrogen) atoms. The van der Waals surface area contributed by atoms with Gasteiger partial charge in [-0.25, -0.2) is 4.39 Å². The molecule has 0 aliphatic rings. The van der Waals surface area contributed by atoms with Crippen molar-refractivity contribution in [1.29, 1.82) is 0 Å². The number of hydrogen-bond donors (Lipinski definition) is 0. The molecule has 0 unspecified atom stereocenters. The third-order valence-electron chi connectivity index (χ3n) is 1.81. The summed E-state index contributed by atoms with van der Waals surface area (Å²) in [5.74, 6) is -0.234. The normalized spacial score (nSPS) is 11.5. The number of benzene rings is 1. The molecular formula is C11H11FO. The lowest BCUT2D eigenvalue weighted by molar-refractivity contribution is -0.113.